The molecule has 4 aromatic rings. The molecule has 8 nitrogen and oxygen atoms in total. The zero-order valence-corrected chi connectivity index (χ0v) is 19.2. The molecule has 0 radical (unpaired) electrons. The van der Waals surface area contributed by atoms with Gasteiger partial charge in [-0.25, -0.2) is 4.98 Å². The van der Waals surface area contributed by atoms with E-state index in [1.807, 2.05) is 13.0 Å². The van der Waals surface area contributed by atoms with Crippen LogP contribution in [0.4, 0.5) is 5.69 Å². The van der Waals surface area contributed by atoms with Gasteiger partial charge in [-0.1, -0.05) is 54.6 Å². The van der Waals surface area contributed by atoms with Crippen molar-refractivity contribution in [2.45, 2.75) is 25.9 Å². The topological polar surface area (TPSA) is 110 Å². The van der Waals surface area contributed by atoms with Crippen molar-refractivity contribution in [1.29, 1.82) is 0 Å². The number of aryl methyl sites for hydroxylation is 1. The monoisotopic (exact) mass is 471 g/mol. The summed E-state index contributed by atoms with van der Waals surface area (Å²) in [6, 6.07) is 22.8. The Balaban J connectivity index is 1.48. The highest BCUT2D eigenvalue weighted by Crippen LogP contribution is 2.27. The molecular formula is C27H25N3O5. The van der Waals surface area contributed by atoms with Crippen LogP contribution in [0.1, 0.15) is 30.8 Å². The molecule has 1 amide bonds. The number of hydrogen-bond donors (Lipinski definition) is 2. The van der Waals surface area contributed by atoms with Crippen molar-refractivity contribution in [3.63, 3.8) is 0 Å². The molecule has 3 aromatic carbocycles. The van der Waals surface area contributed by atoms with Crippen LogP contribution in [0, 0.1) is 0 Å². The highest BCUT2D eigenvalue weighted by molar-refractivity contribution is 5.97. The molecule has 0 bridgehead atoms. The third-order valence-electron chi connectivity index (χ3n) is 5.26. The number of rotatable bonds is 9. The van der Waals surface area contributed by atoms with Crippen molar-refractivity contribution in [3.8, 4) is 5.75 Å². The van der Waals surface area contributed by atoms with Gasteiger partial charge in [-0.2, -0.15) is 0 Å². The first-order chi connectivity index (χ1) is 17.0. The van der Waals surface area contributed by atoms with E-state index in [-0.39, 0.29) is 18.4 Å². The van der Waals surface area contributed by atoms with E-state index in [1.54, 1.807) is 72.8 Å². The number of hydrogen-bond acceptors (Lipinski definition) is 6. The number of para-hydroxylation sites is 3. The minimum absolute atomic E-state index is 0.0621. The number of nitrogens with zero attached hydrogens (tertiary/aromatic N) is 1. The van der Waals surface area contributed by atoms with Crippen LogP contribution in [0.25, 0.3) is 10.9 Å². The fourth-order valence-electron chi connectivity index (χ4n) is 3.61. The fourth-order valence-corrected chi connectivity index (χ4v) is 3.61. The average Bonchev–Trinajstić information content (AvgIpc) is 2.88. The lowest BCUT2D eigenvalue weighted by molar-refractivity contribution is -0.154. The second kappa shape index (κ2) is 11.1. The first kappa shape index (κ1) is 23.7. The molecule has 8 heteroatoms. The van der Waals surface area contributed by atoms with E-state index in [4.69, 9.17) is 9.47 Å². The molecule has 35 heavy (non-hydrogen) atoms. The second-order valence-electron chi connectivity index (χ2n) is 7.73. The number of ether oxygens (including phenoxy) is 2. The number of aromatic amines is 1. The van der Waals surface area contributed by atoms with Gasteiger partial charge in [0.25, 0.3) is 11.5 Å². The smallest absolute Gasteiger partial charge is 0.307 e. The van der Waals surface area contributed by atoms with Crippen molar-refractivity contribution in [2.75, 3.05) is 11.9 Å². The summed E-state index contributed by atoms with van der Waals surface area (Å²) in [5.74, 6) is -0.207. The van der Waals surface area contributed by atoms with Gasteiger partial charge in [-0.15, -0.1) is 0 Å². The van der Waals surface area contributed by atoms with Gasteiger partial charge in [0, 0.05) is 12.0 Å². The number of anilines is 1. The highest BCUT2D eigenvalue weighted by atomic mass is 16.5. The maximum atomic E-state index is 13.2. The van der Waals surface area contributed by atoms with Crippen molar-refractivity contribution < 1.29 is 19.1 Å². The van der Waals surface area contributed by atoms with Gasteiger partial charge in [0.05, 0.1) is 29.6 Å². The summed E-state index contributed by atoms with van der Waals surface area (Å²) >= 11 is 0. The van der Waals surface area contributed by atoms with Gasteiger partial charge in [-0.05, 0) is 31.2 Å². The lowest BCUT2D eigenvalue weighted by atomic mass is 10.1. The van der Waals surface area contributed by atoms with E-state index in [9.17, 15) is 14.4 Å². The molecule has 0 saturated carbocycles. The van der Waals surface area contributed by atoms with E-state index in [0.29, 0.717) is 40.3 Å². The largest absolute Gasteiger partial charge is 0.492 e. The molecular weight excluding hydrogens is 446 g/mol. The number of amides is 1. The normalized spacial score (nSPS) is 11.6. The Kier molecular flexibility index (Phi) is 7.52. The number of esters is 1. The average molecular weight is 472 g/mol. The summed E-state index contributed by atoms with van der Waals surface area (Å²) in [6.07, 6.45) is -1.06. The van der Waals surface area contributed by atoms with Crippen LogP contribution in [0.15, 0.2) is 83.7 Å². The molecule has 0 spiro atoms. The Morgan fingerprint density at radius 3 is 2.49 bits per heavy atom. The van der Waals surface area contributed by atoms with Crippen molar-refractivity contribution >= 4 is 28.5 Å². The Morgan fingerprint density at radius 2 is 1.69 bits per heavy atom. The first-order valence-electron chi connectivity index (χ1n) is 11.3. The van der Waals surface area contributed by atoms with Gasteiger partial charge in [0.2, 0.25) is 6.10 Å². The summed E-state index contributed by atoms with van der Waals surface area (Å²) in [6.45, 7) is 2.29. The van der Waals surface area contributed by atoms with Crippen LogP contribution in [0.3, 0.4) is 0 Å². The first-order valence-corrected chi connectivity index (χ1v) is 11.3. The van der Waals surface area contributed by atoms with Crippen LogP contribution >= 0.6 is 0 Å². The molecule has 2 N–H and O–H groups in total. The summed E-state index contributed by atoms with van der Waals surface area (Å²) in [5, 5.41) is 3.28. The van der Waals surface area contributed by atoms with Crippen LogP contribution < -0.4 is 15.6 Å². The lowest BCUT2D eigenvalue weighted by Crippen LogP contribution is -2.26. The predicted molar refractivity (Wildman–Crippen MR) is 132 cm³/mol. The molecule has 4 rings (SSSR count). The van der Waals surface area contributed by atoms with Crippen molar-refractivity contribution in [2.24, 2.45) is 0 Å². The van der Waals surface area contributed by atoms with E-state index in [2.05, 4.69) is 15.3 Å². The van der Waals surface area contributed by atoms with Crippen molar-refractivity contribution in [1.82, 2.24) is 9.97 Å². The molecule has 1 atom stereocenters. The van der Waals surface area contributed by atoms with E-state index < -0.39 is 18.0 Å². The zero-order valence-electron chi connectivity index (χ0n) is 19.2. The molecule has 1 heterocycles. The van der Waals surface area contributed by atoms with E-state index in [1.165, 1.54) is 0 Å². The van der Waals surface area contributed by atoms with Crippen LogP contribution in [0.5, 0.6) is 5.75 Å². The highest BCUT2D eigenvalue weighted by Gasteiger charge is 2.26. The molecule has 0 aliphatic carbocycles. The minimum Gasteiger partial charge on any atom is -0.492 e. The van der Waals surface area contributed by atoms with E-state index in [0.717, 1.165) is 0 Å². The fraction of sp³-hybridized carbons (Fsp3) is 0.185. The zero-order chi connectivity index (χ0) is 24.6. The molecule has 0 saturated heterocycles. The van der Waals surface area contributed by atoms with Gasteiger partial charge in [-0.3, -0.25) is 14.4 Å². The van der Waals surface area contributed by atoms with Gasteiger partial charge in [0.15, 0.2) is 0 Å². The number of carbonyl (C=O) groups excluding carboxylic acids is 2. The number of H-pyrrole nitrogens is 1. The third-order valence-corrected chi connectivity index (χ3v) is 5.26. The van der Waals surface area contributed by atoms with Crippen LogP contribution in [-0.4, -0.2) is 28.5 Å². The SMILES string of the molecule is CCOc1ccccc1NC(=O)[C@H](OC(=O)CCc1nc2ccccc2c(=O)[nH]1)c1ccccc1. The molecule has 178 valence electrons. The maximum absolute atomic E-state index is 13.2. The Bertz CT molecular complexity index is 1380. The van der Waals surface area contributed by atoms with Gasteiger partial charge in [0.1, 0.15) is 11.6 Å². The molecule has 0 aliphatic heterocycles. The second-order valence-corrected chi connectivity index (χ2v) is 7.73. The summed E-state index contributed by atoms with van der Waals surface area (Å²) < 4.78 is 11.2. The summed E-state index contributed by atoms with van der Waals surface area (Å²) in [4.78, 5) is 45.3. The molecule has 0 unspecified atom stereocenters. The predicted octanol–water partition coefficient (Wildman–Crippen LogP) is 4.18. The lowest BCUT2D eigenvalue weighted by Gasteiger charge is -2.19. The Hall–Kier alpha value is -4.46. The number of nitrogens with one attached hydrogen (secondary N) is 2. The number of fused-ring (bicyclic) bond motifs is 1. The summed E-state index contributed by atoms with van der Waals surface area (Å²) in [7, 11) is 0. The minimum atomic E-state index is -1.16. The molecule has 0 fully saturated rings. The maximum Gasteiger partial charge on any atom is 0.307 e. The van der Waals surface area contributed by atoms with Crippen molar-refractivity contribution in [3.05, 3.63) is 101 Å². The van der Waals surface area contributed by atoms with E-state index >= 15 is 0 Å². The third kappa shape index (κ3) is 5.92. The molecule has 0 aliphatic rings. The van der Waals surface area contributed by atoms with Crippen LogP contribution in [0.2, 0.25) is 0 Å². The molecule has 1 aromatic heterocycles. The Labute approximate surface area is 201 Å². The van der Waals surface area contributed by atoms with Gasteiger partial charge >= 0.3 is 5.97 Å². The Morgan fingerprint density at radius 1 is 0.971 bits per heavy atom. The quantitative estimate of drug-likeness (QED) is 0.355. The standard InChI is InChI=1S/C27H25N3O5/c1-2-34-22-15-9-8-14-21(22)29-27(33)25(18-10-4-3-5-11-18)35-24(31)17-16-23-28-20-13-7-6-12-19(20)26(32)30-23/h3-15,25H,2,16-17H2,1H3,(H,29,33)(H,28,30,32)/t25-/m1/s1. The number of aromatic nitrogens is 2. The number of carbonyl (C=O) groups is 2. The summed E-state index contributed by atoms with van der Waals surface area (Å²) in [5.41, 5.74) is 1.29. The van der Waals surface area contributed by atoms with Gasteiger partial charge < -0.3 is 19.8 Å². The number of benzene rings is 3. The van der Waals surface area contributed by atoms with Crippen LogP contribution in [-0.2, 0) is 20.7 Å².